The van der Waals surface area contributed by atoms with Crippen molar-refractivity contribution in [1.29, 1.82) is 5.41 Å². The van der Waals surface area contributed by atoms with Crippen LogP contribution in [0.5, 0.6) is 0 Å². The van der Waals surface area contributed by atoms with Crippen LogP contribution in [0.4, 0.5) is 0 Å². The van der Waals surface area contributed by atoms with Gasteiger partial charge in [0.1, 0.15) is 0 Å². The Labute approximate surface area is 101 Å². The van der Waals surface area contributed by atoms with E-state index < -0.39 is 0 Å². The molecule has 4 heteroatoms. The molecule has 0 radical (unpaired) electrons. The molecule has 3 N–H and O–H groups in total. The highest BCUT2D eigenvalue weighted by Crippen LogP contribution is 2.17. The van der Waals surface area contributed by atoms with Gasteiger partial charge in [-0.25, -0.2) is 0 Å². The molecule has 0 bridgehead atoms. The van der Waals surface area contributed by atoms with Crippen LogP contribution in [0.25, 0.3) is 0 Å². The molecule has 0 spiro atoms. The molecular formula is C12H16ClN3. The van der Waals surface area contributed by atoms with E-state index in [1.807, 2.05) is 12.2 Å². The van der Waals surface area contributed by atoms with Gasteiger partial charge in [-0.05, 0) is 25.3 Å². The molecule has 1 unspecified atom stereocenters. The van der Waals surface area contributed by atoms with Gasteiger partial charge in [-0.15, -0.1) is 0 Å². The molecule has 1 heterocycles. The first-order valence-electron chi connectivity index (χ1n) is 5.57. The zero-order chi connectivity index (χ0) is 11.4. The molecule has 2 rings (SSSR count). The maximum absolute atomic E-state index is 7.34. The van der Waals surface area contributed by atoms with Gasteiger partial charge in [0, 0.05) is 29.5 Å². The predicted octanol–water partition coefficient (Wildman–Crippen LogP) is 2.27. The Bertz CT molecular complexity index is 368. The van der Waals surface area contributed by atoms with Crippen molar-refractivity contribution in [3.63, 3.8) is 0 Å². The molecule has 0 saturated heterocycles. The van der Waals surface area contributed by atoms with Gasteiger partial charge in [0.2, 0.25) is 0 Å². The fourth-order valence-corrected chi connectivity index (χ4v) is 2.10. The van der Waals surface area contributed by atoms with Crippen molar-refractivity contribution in [2.24, 2.45) is 0 Å². The number of hydrogen-bond acceptors (Lipinski definition) is 3. The molecule has 0 aromatic rings. The molecule has 3 nitrogen and oxygen atoms in total. The van der Waals surface area contributed by atoms with E-state index in [1.54, 1.807) is 0 Å². The minimum atomic E-state index is 0.298. The monoisotopic (exact) mass is 237 g/mol. The Morgan fingerprint density at radius 1 is 1.56 bits per heavy atom. The Morgan fingerprint density at radius 2 is 2.44 bits per heavy atom. The Kier molecular flexibility index (Phi) is 3.67. The van der Waals surface area contributed by atoms with E-state index in [9.17, 15) is 0 Å². The van der Waals surface area contributed by atoms with Crippen molar-refractivity contribution in [1.82, 2.24) is 10.6 Å². The second-order valence-corrected chi connectivity index (χ2v) is 4.44. The average Bonchev–Trinajstić information content (AvgIpc) is 2.33. The summed E-state index contributed by atoms with van der Waals surface area (Å²) in [7, 11) is 0. The van der Waals surface area contributed by atoms with Gasteiger partial charge in [-0.1, -0.05) is 23.8 Å². The van der Waals surface area contributed by atoms with Crippen LogP contribution < -0.4 is 10.6 Å². The molecular weight excluding hydrogens is 222 g/mol. The van der Waals surface area contributed by atoms with Crippen molar-refractivity contribution in [3.8, 4) is 0 Å². The van der Waals surface area contributed by atoms with Crippen molar-refractivity contribution in [2.75, 3.05) is 6.54 Å². The van der Waals surface area contributed by atoms with E-state index >= 15 is 0 Å². The molecule has 16 heavy (non-hydrogen) atoms. The molecule has 2 aliphatic rings. The molecule has 0 aromatic carbocycles. The minimum absolute atomic E-state index is 0.298. The lowest BCUT2D eigenvalue weighted by atomic mass is 10.1. The van der Waals surface area contributed by atoms with Crippen LogP contribution in [-0.4, -0.2) is 18.8 Å². The molecule has 0 amide bonds. The summed E-state index contributed by atoms with van der Waals surface area (Å²) in [5.74, 6) is 0. The Balaban J connectivity index is 2.01. The number of halogens is 1. The van der Waals surface area contributed by atoms with Crippen LogP contribution in [0.1, 0.15) is 19.3 Å². The van der Waals surface area contributed by atoms with Crippen LogP contribution in [0.3, 0.4) is 0 Å². The molecule has 1 aliphatic carbocycles. The van der Waals surface area contributed by atoms with Crippen molar-refractivity contribution < 1.29 is 0 Å². The Hall–Kier alpha value is -1.22. The zero-order valence-corrected chi connectivity index (χ0v) is 9.85. The fraction of sp³-hybridized carbons (Fsp3) is 0.417. The Morgan fingerprint density at radius 3 is 3.12 bits per heavy atom. The van der Waals surface area contributed by atoms with E-state index in [-0.39, 0.29) is 0 Å². The van der Waals surface area contributed by atoms with E-state index in [0.717, 1.165) is 42.2 Å². The summed E-state index contributed by atoms with van der Waals surface area (Å²) in [6.45, 7) is 0.960. The number of nitrogens with one attached hydrogen (secondary N) is 3. The van der Waals surface area contributed by atoms with Crippen molar-refractivity contribution in [3.05, 3.63) is 34.7 Å². The highest BCUT2D eigenvalue weighted by molar-refractivity contribution is 6.31. The summed E-state index contributed by atoms with van der Waals surface area (Å²) in [6, 6.07) is 0.298. The summed E-state index contributed by atoms with van der Waals surface area (Å²) in [5.41, 5.74) is 2.06. The quantitative estimate of drug-likeness (QED) is 0.660. The summed E-state index contributed by atoms with van der Waals surface area (Å²) >= 11 is 5.87. The summed E-state index contributed by atoms with van der Waals surface area (Å²) in [6.07, 6.45) is 10.4. The molecule has 1 aliphatic heterocycles. The van der Waals surface area contributed by atoms with E-state index in [2.05, 4.69) is 16.7 Å². The molecule has 86 valence electrons. The lowest BCUT2D eigenvalue weighted by Crippen LogP contribution is -2.34. The van der Waals surface area contributed by atoms with Crippen LogP contribution in [0.15, 0.2) is 34.7 Å². The lowest BCUT2D eigenvalue weighted by molar-refractivity contribution is 0.584. The van der Waals surface area contributed by atoms with E-state index in [0.29, 0.717) is 6.04 Å². The third kappa shape index (κ3) is 2.67. The van der Waals surface area contributed by atoms with Gasteiger partial charge in [-0.2, -0.15) is 0 Å². The summed E-state index contributed by atoms with van der Waals surface area (Å²) in [4.78, 5) is 0. The molecule has 0 saturated carbocycles. The summed E-state index contributed by atoms with van der Waals surface area (Å²) < 4.78 is 0. The second kappa shape index (κ2) is 5.21. The maximum atomic E-state index is 7.34. The third-order valence-electron chi connectivity index (χ3n) is 2.80. The van der Waals surface area contributed by atoms with Crippen LogP contribution in [0, 0.1) is 5.41 Å². The normalized spacial score (nSPS) is 24.8. The third-order valence-corrected chi connectivity index (χ3v) is 3.08. The topological polar surface area (TPSA) is 47.9 Å². The summed E-state index contributed by atoms with van der Waals surface area (Å²) in [5, 5.41) is 14.8. The fourth-order valence-electron chi connectivity index (χ4n) is 1.94. The molecule has 0 aromatic heterocycles. The standard InChI is InChI=1S/C12H16ClN3/c13-9-3-5-10(6-4-9)16-11-2-1-7-15-12(11)8-14/h3-5,8,10,14-16H,1-2,6-7H2. The lowest BCUT2D eigenvalue weighted by Gasteiger charge is -2.25. The van der Waals surface area contributed by atoms with Crippen LogP contribution in [0.2, 0.25) is 0 Å². The van der Waals surface area contributed by atoms with Gasteiger partial charge in [0.15, 0.2) is 0 Å². The molecule has 1 atom stereocenters. The first kappa shape index (κ1) is 11.3. The van der Waals surface area contributed by atoms with E-state index in [4.69, 9.17) is 17.0 Å². The van der Waals surface area contributed by atoms with Gasteiger partial charge < -0.3 is 16.0 Å². The highest BCUT2D eigenvalue weighted by atomic mass is 35.5. The smallest absolute Gasteiger partial charge is 0.0711 e. The minimum Gasteiger partial charge on any atom is -0.382 e. The largest absolute Gasteiger partial charge is 0.382 e. The van der Waals surface area contributed by atoms with Gasteiger partial charge in [0.05, 0.1) is 5.70 Å². The van der Waals surface area contributed by atoms with Gasteiger partial charge >= 0.3 is 0 Å². The molecule has 0 fully saturated rings. The first-order chi connectivity index (χ1) is 7.79. The first-order valence-corrected chi connectivity index (χ1v) is 5.95. The van der Waals surface area contributed by atoms with Crippen molar-refractivity contribution >= 4 is 17.8 Å². The second-order valence-electron chi connectivity index (χ2n) is 4.00. The number of allylic oxidation sites excluding steroid dienone is 4. The van der Waals surface area contributed by atoms with Crippen LogP contribution >= 0.6 is 11.6 Å². The predicted molar refractivity (Wildman–Crippen MR) is 67.7 cm³/mol. The SMILES string of the molecule is N=CC1=C(NC2C=CC(Cl)=CC2)CCCN1. The van der Waals surface area contributed by atoms with Gasteiger partial charge in [-0.3, -0.25) is 0 Å². The highest BCUT2D eigenvalue weighted by Gasteiger charge is 2.14. The zero-order valence-electron chi connectivity index (χ0n) is 9.09. The number of rotatable bonds is 3. The average molecular weight is 238 g/mol. The number of hydrogen-bond donors (Lipinski definition) is 3. The van der Waals surface area contributed by atoms with Crippen LogP contribution in [-0.2, 0) is 0 Å². The van der Waals surface area contributed by atoms with Gasteiger partial charge in [0.25, 0.3) is 0 Å². The van der Waals surface area contributed by atoms with E-state index in [1.165, 1.54) is 6.21 Å². The maximum Gasteiger partial charge on any atom is 0.0711 e. The van der Waals surface area contributed by atoms with Crippen molar-refractivity contribution in [2.45, 2.75) is 25.3 Å².